The van der Waals surface area contributed by atoms with Gasteiger partial charge in [-0.15, -0.1) is 0 Å². The minimum atomic E-state index is -0.362. The van der Waals surface area contributed by atoms with Crippen LogP contribution in [0.5, 0.6) is 0 Å². The lowest BCUT2D eigenvalue weighted by Gasteiger charge is -2.24. The lowest BCUT2D eigenvalue weighted by atomic mass is 9.93. The monoisotopic (exact) mass is 417 g/mol. The summed E-state index contributed by atoms with van der Waals surface area (Å²) >= 11 is 0. The van der Waals surface area contributed by atoms with Gasteiger partial charge in [0.05, 0.1) is 25.3 Å². The van der Waals surface area contributed by atoms with Crippen LogP contribution < -0.4 is 16.0 Å². The molecule has 7 heteroatoms. The molecule has 160 valence electrons. The van der Waals surface area contributed by atoms with Gasteiger partial charge in [0, 0.05) is 17.8 Å². The van der Waals surface area contributed by atoms with Gasteiger partial charge in [-0.3, -0.25) is 9.48 Å². The second-order valence-corrected chi connectivity index (χ2v) is 7.72. The Morgan fingerprint density at radius 3 is 2.42 bits per heavy atom. The van der Waals surface area contributed by atoms with Crippen LogP contribution in [0.1, 0.15) is 41.3 Å². The fraction of sp³-hybridized carbons (Fsp3) is 0.292. The molecule has 3 amide bonds. The predicted molar refractivity (Wildman–Crippen MR) is 118 cm³/mol. The maximum Gasteiger partial charge on any atom is 0.315 e. The summed E-state index contributed by atoms with van der Waals surface area (Å²) in [5.74, 6) is -0.205. The largest absolute Gasteiger partial charge is 0.348 e. The molecule has 1 aliphatic carbocycles. The fourth-order valence-electron chi connectivity index (χ4n) is 3.91. The van der Waals surface area contributed by atoms with E-state index in [0.29, 0.717) is 6.54 Å². The zero-order valence-electron chi connectivity index (χ0n) is 17.4. The van der Waals surface area contributed by atoms with Crippen molar-refractivity contribution in [1.82, 2.24) is 25.7 Å². The lowest BCUT2D eigenvalue weighted by molar-refractivity contribution is -0.120. The molecule has 0 spiro atoms. The number of rotatable bonds is 7. The van der Waals surface area contributed by atoms with E-state index in [9.17, 15) is 9.59 Å². The molecule has 0 saturated heterocycles. The van der Waals surface area contributed by atoms with Crippen LogP contribution in [0.25, 0.3) is 0 Å². The summed E-state index contributed by atoms with van der Waals surface area (Å²) in [7, 11) is 0. The molecule has 7 nitrogen and oxygen atoms in total. The van der Waals surface area contributed by atoms with Crippen LogP contribution in [0, 0.1) is 0 Å². The zero-order chi connectivity index (χ0) is 21.5. The minimum absolute atomic E-state index is 0.0649. The SMILES string of the molecule is O=C(CNC(=O)NCc1ccccc1)NC1CCCc2c1cnn2Cc1ccccc1. The summed E-state index contributed by atoms with van der Waals surface area (Å²) < 4.78 is 2.03. The number of aromatic nitrogens is 2. The predicted octanol–water partition coefficient (Wildman–Crippen LogP) is 2.92. The van der Waals surface area contributed by atoms with Crippen LogP contribution in [-0.4, -0.2) is 28.3 Å². The van der Waals surface area contributed by atoms with E-state index >= 15 is 0 Å². The molecule has 1 unspecified atom stereocenters. The Kier molecular flexibility index (Phi) is 6.62. The maximum absolute atomic E-state index is 12.4. The van der Waals surface area contributed by atoms with E-state index in [2.05, 4.69) is 33.2 Å². The molecule has 1 heterocycles. The number of amides is 3. The van der Waals surface area contributed by atoms with Crippen molar-refractivity contribution in [3.63, 3.8) is 0 Å². The Labute approximate surface area is 181 Å². The summed E-state index contributed by atoms with van der Waals surface area (Å²) in [6.45, 7) is 1.07. The molecule has 0 radical (unpaired) electrons. The number of benzene rings is 2. The number of nitrogens with zero attached hydrogens (tertiary/aromatic N) is 2. The molecular formula is C24H27N5O2. The van der Waals surface area contributed by atoms with Crippen molar-refractivity contribution >= 4 is 11.9 Å². The van der Waals surface area contributed by atoms with Gasteiger partial charge in [0.2, 0.25) is 5.91 Å². The van der Waals surface area contributed by atoms with Gasteiger partial charge in [0.15, 0.2) is 0 Å². The molecule has 4 rings (SSSR count). The first-order valence-electron chi connectivity index (χ1n) is 10.6. The molecule has 2 aromatic carbocycles. The average molecular weight is 418 g/mol. The number of urea groups is 1. The van der Waals surface area contributed by atoms with Gasteiger partial charge in [-0.1, -0.05) is 60.7 Å². The van der Waals surface area contributed by atoms with Crippen molar-refractivity contribution in [3.8, 4) is 0 Å². The number of hydrogen-bond donors (Lipinski definition) is 3. The zero-order valence-corrected chi connectivity index (χ0v) is 17.4. The summed E-state index contributed by atoms with van der Waals surface area (Å²) in [6, 6.07) is 19.4. The second kappa shape index (κ2) is 9.93. The molecule has 1 aromatic heterocycles. The van der Waals surface area contributed by atoms with Gasteiger partial charge in [0.1, 0.15) is 0 Å². The van der Waals surface area contributed by atoms with E-state index in [4.69, 9.17) is 0 Å². The Hall–Kier alpha value is -3.61. The number of nitrogens with one attached hydrogen (secondary N) is 3. The Bertz CT molecular complexity index is 1020. The number of carbonyl (C=O) groups is 2. The third kappa shape index (κ3) is 5.51. The number of fused-ring (bicyclic) bond motifs is 1. The molecular weight excluding hydrogens is 390 g/mol. The van der Waals surface area contributed by atoms with Crippen LogP contribution in [0.4, 0.5) is 4.79 Å². The standard InChI is InChI=1S/C24H27N5O2/c30-23(16-26-24(31)25-14-18-8-3-1-4-9-18)28-21-12-7-13-22-20(21)15-27-29(22)17-19-10-5-2-6-11-19/h1-6,8-11,15,21H,7,12-14,16-17H2,(H,28,30)(H2,25,26,31). The maximum atomic E-state index is 12.4. The van der Waals surface area contributed by atoms with Gasteiger partial charge in [-0.25, -0.2) is 4.79 Å². The summed E-state index contributed by atoms with van der Waals surface area (Å²) in [4.78, 5) is 24.4. The van der Waals surface area contributed by atoms with Crippen molar-refractivity contribution in [2.75, 3.05) is 6.54 Å². The second-order valence-electron chi connectivity index (χ2n) is 7.72. The molecule has 0 bridgehead atoms. The highest BCUT2D eigenvalue weighted by atomic mass is 16.2. The molecule has 31 heavy (non-hydrogen) atoms. The van der Waals surface area contributed by atoms with Crippen molar-refractivity contribution < 1.29 is 9.59 Å². The Balaban J connectivity index is 1.28. The Morgan fingerprint density at radius 1 is 0.968 bits per heavy atom. The molecule has 1 atom stereocenters. The Morgan fingerprint density at radius 2 is 1.68 bits per heavy atom. The van der Waals surface area contributed by atoms with E-state index in [1.165, 1.54) is 11.3 Å². The first-order chi connectivity index (χ1) is 15.2. The summed E-state index contributed by atoms with van der Waals surface area (Å²) in [5.41, 5.74) is 4.45. The van der Waals surface area contributed by atoms with Crippen LogP contribution in [0.3, 0.4) is 0 Å². The van der Waals surface area contributed by atoms with Crippen molar-refractivity contribution in [1.29, 1.82) is 0 Å². The van der Waals surface area contributed by atoms with Crippen LogP contribution in [-0.2, 0) is 24.3 Å². The summed E-state index contributed by atoms with van der Waals surface area (Å²) in [5, 5.41) is 13.0. The van der Waals surface area contributed by atoms with Gasteiger partial charge >= 0.3 is 6.03 Å². The molecule has 3 N–H and O–H groups in total. The molecule has 0 saturated carbocycles. The smallest absolute Gasteiger partial charge is 0.315 e. The highest BCUT2D eigenvalue weighted by Crippen LogP contribution is 2.29. The number of carbonyl (C=O) groups excluding carboxylic acids is 2. The molecule has 0 fully saturated rings. The van der Waals surface area contributed by atoms with Crippen molar-refractivity contribution in [3.05, 3.63) is 89.2 Å². The minimum Gasteiger partial charge on any atom is -0.348 e. The van der Waals surface area contributed by atoms with E-state index < -0.39 is 0 Å². The molecule has 1 aliphatic rings. The average Bonchev–Trinajstić information content (AvgIpc) is 3.21. The number of hydrogen-bond acceptors (Lipinski definition) is 3. The van der Waals surface area contributed by atoms with E-state index in [1.54, 1.807) is 0 Å². The van der Waals surface area contributed by atoms with E-state index in [0.717, 1.165) is 36.9 Å². The van der Waals surface area contributed by atoms with Crippen LogP contribution in [0.2, 0.25) is 0 Å². The topological polar surface area (TPSA) is 88.1 Å². The van der Waals surface area contributed by atoms with E-state index in [1.807, 2.05) is 59.4 Å². The highest BCUT2D eigenvalue weighted by Gasteiger charge is 2.25. The van der Waals surface area contributed by atoms with Crippen molar-refractivity contribution in [2.45, 2.75) is 38.4 Å². The van der Waals surface area contributed by atoms with Gasteiger partial charge < -0.3 is 16.0 Å². The molecule has 0 aliphatic heterocycles. The van der Waals surface area contributed by atoms with Crippen molar-refractivity contribution in [2.24, 2.45) is 0 Å². The first kappa shape index (κ1) is 20.7. The van der Waals surface area contributed by atoms with Gasteiger partial charge in [-0.05, 0) is 30.4 Å². The first-order valence-corrected chi connectivity index (χ1v) is 10.6. The third-order valence-electron chi connectivity index (χ3n) is 5.48. The van der Waals surface area contributed by atoms with E-state index in [-0.39, 0.29) is 24.5 Å². The fourth-order valence-corrected chi connectivity index (χ4v) is 3.91. The van der Waals surface area contributed by atoms with Crippen LogP contribution in [0.15, 0.2) is 66.9 Å². The molecule has 3 aromatic rings. The lowest BCUT2D eigenvalue weighted by Crippen LogP contribution is -2.43. The van der Waals surface area contributed by atoms with Gasteiger partial charge in [0.25, 0.3) is 0 Å². The quantitative estimate of drug-likeness (QED) is 0.552. The normalized spacial score (nSPS) is 15.0. The third-order valence-corrected chi connectivity index (χ3v) is 5.48. The van der Waals surface area contributed by atoms with Gasteiger partial charge in [-0.2, -0.15) is 5.10 Å². The van der Waals surface area contributed by atoms with Crippen LogP contribution >= 0.6 is 0 Å². The summed E-state index contributed by atoms with van der Waals surface area (Å²) in [6.07, 6.45) is 4.68. The highest BCUT2D eigenvalue weighted by molar-refractivity contribution is 5.84.